The minimum absolute atomic E-state index is 0.0293. The molecule has 1 fully saturated rings. The normalized spacial score (nSPS) is 19.2. The fourth-order valence-corrected chi connectivity index (χ4v) is 3.81. The Labute approximate surface area is 163 Å². The topological polar surface area (TPSA) is 102 Å². The molecule has 2 aliphatic rings. The molecule has 0 radical (unpaired) electrons. The van der Waals surface area contributed by atoms with Crippen LogP contribution in [0.5, 0.6) is 0 Å². The van der Waals surface area contributed by atoms with Gasteiger partial charge in [0.05, 0.1) is 6.07 Å². The summed E-state index contributed by atoms with van der Waals surface area (Å²) in [7, 11) is 0. The summed E-state index contributed by atoms with van der Waals surface area (Å²) in [6.07, 6.45) is 7.23. The standard InChI is InChI=1S/C21H23N5O2/c1-2-15-11-14(7-10-26(15)19(27)5-8-22)17-12-18(25-21(28)13-3-4-13)24-20-16(17)6-9-23-20/h6-7,9,12-13,15H,2-5,10-11H2,1H3,(H2,23,24,25,28)/t15-/m0/s1. The number of aromatic amines is 1. The molecule has 0 aromatic carbocycles. The van der Waals surface area contributed by atoms with Gasteiger partial charge in [0, 0.05) is 30.1 Å². The van der Waals surface area contributed by atoms with Gasteiger partial charge in [-0.15, -0.1) is 0 Å². The maximum absolute atomic E-state index is 12.2. The van der Waals surface area contributed by atoms with Crippen molar-refractivity contribution in [1.82, 2.24) is 14.9 Å². The van der Waals surface area contributed by atoms with Crippen LogP contribution < -0.4 is 5.32 Å². The first-order chi connectivity index (χ1) is 13.6. The number of hydrogen-bond acceptors (Lipinski definition) is 4. The fourth-order valence-electron chi connectivity index (χ4n) is 3.81. The van der Waals surface area contributed by atoms with Gasteiger partial charge in [0.1, 0.15) is 17.9 Å². The van der Waals surface area contributed by atoms with Gasteiger partial charge in [0.15, 0.2) is 0 Å². The Morgan fingerprint density at radius 3 is 2.96 bits per heavy atom. The largest absolute Gasteiger partial charge is 0.346 e. The van der Waals surface area contributed by atoms with Crippen LogP contribution in [-0.2, 0) is 9.59 Å². The molecule has 2 N–H and O–H groups in total. The molecule has 2 aromatic heterocycles. The lowest BCUT2D eigenvalue weighted by molar-refractivity contribution is -0.132. The number of carbonyl (C=O) groups excluding carboxylic acids is 2. The number of carbonyl (C=O) groups is 2. The van der Waals surface area contributed by atoms with Gasteiger partial charge in [0.2, 0.25) is 11.8 Å². The Kier molecular flexibility index (Phi) is 4.86. The van der Waals surface area contributed by atoms with E-state index < -0.39 is 0 Å². The molecular weight excluding hydrogens is 354 g/mol. The van der Waals surface area contributed by atoms with E-state index in [4.69, 9.17) is 5.26 Å². The number of nitrogens with one attached hydrogen (secondary N) is 2. The molecule has 1 aliphatic heterocycles. The number of H-pyrrole nitrogens is 1. The van der Waals surface area contributed by atoms with Crippen molar-refractivity contribution >= 4 is 34.2 Å². The summed E-state index contributed by atoms with van der Waals surface area (Å²) in [5, 5.41) is 12.8. The summed E-state index contributed by atoms with van der Waals surface area (Å²) < 4.78 is 0. The highest BCUT2D eigenvalue weighted by Gasteiger charge is 2.30. The Morgan fingerprint density at radius 1 is 1.43 bits per heavy atom. The van der Waals surface area contributed by atoms with Crippen LogP contribution in [-0.4, -0.2) is 39.3 Å². The molecule has 28 heavy (non-hydrogen) atoms. The molecule has 4 rings (SSSR count). The zero-order chi connectivity index (χ0) is 19.7. The van der Waals surface area contributed by atoms with Crippen molar-refractivity contribution < 1.29 is 9.59 Å². The van der Waals surface area contributed by atoms with Gasteiger partial charge in [0.25, 0.3) is 0 Å². The summed E-state index contributed by atoms with van der Waals surface area (Å²) in [4.78, 5) is 33.9. The van der Waals surface area contributed by atoms with Gasteiger partial charge < -0.3 is 15.2 Å². The second kappa shape index (κ2) is 7.47. The van der Waals surface area contributed by atoms with Crippen molar-refractivity contribution in [2.24, 2.45) is 5.92 Å². The third-order valence-electron chi connectivity index (χ3n) is 5.53. The van der Waals surface area contributed by atoms with Crippen LogP contribution in [0.1, 0.15) is 44.6 Å². The highest BCUT2D eigenvalue weighted by molar-refractivity contribution is 5.97. The number of anilines is 1. The lowest BCUT2D eigenvalue weighted by Gasteiger charge is -2.34. The minimum Gasteiger partial charge on any atom is -0.346 e. The Hall–Kier alpha value is -3.14. The van der Waals surface area contributed by atoms with Crippen molar-refractivity contribution in [2.45, 2.75) is 45.1 Å². The zero-order valence-electron chi connectivity index (χ0n) is 15.9. The third-order valence-corrected chi connectivity index (χ3v) is 5.53. The van der Waals surface area contributed by atoms with Crippen LogP contribution in [0.3, 0.4) is 0 Å². The molecule has 0 spiro atoms. The zero-order valence-corrected chi connectivity index (χ0v) is 15.9. The predicted molar refractivity (Wildman–Crippen MR) is 106 cm³/mol. The van der Waals surface area contributed by atoms with Crippen LogP contribution in [0, 0.1) is 17.2 Å². The van der Waals surface area contributed by atoms with Gasteiger partial charge in [-0.25, -0.2) is 4.98 Å². The fraction of sp³-hybridized carbons (Fsp3) is 0.429. The number of pyridine rings is 1. The van der Waals surface area contributed by atoms with E-state index in [0.29, 0.717) is 18.8 Å². The summed E-state index contributed by atoms with van der Waals surface area (Å²) >= 11 is 0. The van der Waals surface area contributed by atoms with E-state index in [0.717, 1.165) is 41.4 Å². The smallest absolute Gasteiger partial charge is 0.237 e. The van der Waals surface area contributed by atoms with Crippen molar-refractivity contribution in [1.29, 1.82) is 5.26 Å². The lowest BCUT2D eigenvalue weighted by Crippen LogP contribution is -2.42. The van der Waals surface area contributed by atoms with E-state index in [1.54, 1.807) is 4.90 Å². The van der Waals surface area contributed by atoms with Crippen LogP contribution in [0.15, 0.2) is 24.4 Å². The first-order valence-electron chi connectivity index (χ1n) is 9.75. The van der Waals surface area contributed by atoms with Crippen molar-refractivity contribution in [3.63, 3.8) is 0 Å². The van der Waals surface area contributed by atoms with Gasteiger partial charge in [-0.2, -0.15) is 5.26 Å². The molecular formula is C21H23N5O2. The summed E-state index contributed by atoms with van der Waals surface area (Å²) in [5.41, 5.74) is 2.91. The summed E-state index contributed by atoms with van der Waals surface area (Å²) in [6, 6.07) is 5.93. The molecule has 2 aromatic rings. The number of rotatable bonds is 5. The second-order valence-corrected chi connectivity index (χ2v) is 7.44. The van der Waals surface area contributed by atoms with Crippen LogP contribution in [0.2, 0.25) is 0 Å². The number of hydrogen-bond donors (Lipinski definition) is 2. The number of amides is 2. The van der Waals surface area contributed by atoms with Crippen LogP contribution >= 0.6 is 0 Å². The van der Waals surface area contributed by atoms with Crippen LogP contribution in [0.25, 0.3) is 16.6 Å². The monoisotopic (exact) mass is 377 g/mol. The van der Waals surface area contributed by atoms with E-state index in [2.05, 4.69) is 28.3 Å². The molecule has 0 saturated heterocycles. The molecule has 1 saturated carbocycles. The molecule has 7 nitrogen and oxygen atoms in total. The molecule has 144 valence electrons. The molecule has 0 bridgehead atoms. The summed E-state index contributed by atoms with van der Waals surface area (Å²) in [5.74, 6) is 0.576. The average molecular weight is 377 g/mol. The molecule has 3 heterocycles. The Bertz CT molecular complexity index is 996. The molecule has 1 aliphatic carbocycles. The third kappa shape index (κ3) is 3.50. The highest BCUT2D eigenvalue weighted by Crippen LogP contribution is 2.34. The van der Waals surface area contributed by atoms with E-state index in [-0.39, 0.29) is 30.2 Å². The first kappa shape index (κ1) is 18.2. The van der Waals surface area contributed by atoms with Crippen molar-refractivity contribution in [3.8, 4) is 6.07 Å². The molecule has 2 amide bonds. The number of nitrogens with zero attached hydrogens (tertiary/aromatic N) is 3. The maximum Gasteiger partial charge on any atom is 0.237 e. The van der Waals surface area contributed by atoms with Gasteiger partial charge in [-0.05, 0) is 49.0 Å². The van der Waals surface area contributed by atoms with E-state index in [1.165, 1.54) is 0 Å². The Morgan fingerprint density at radius 2 is 2.25 bits per heavy atom. The minimum atomic E-state index is -0.122. The average Bonchev–Trinajstić information content (AvgIpc) is 3.45. The van der Waals surface area contributed by atoms with Crippen molar-refractivity contribution in [3.05, 3.63) is 30.0 Å². The van der Waals surface area contributed by atoms with Crippen LogP contribution in [0.4, 0.5) is 5.82 Å². The summed E-state index contributed by atoms with van der Waals surface area (Å²) in [6.45, 7) is 2.55. The van der Waals surface area contributed by atoms with E-state index in [1.807, 2.05) is 24.4 Å². The molecule has 7 heteroatoms. The Balaban J connectivity index is 1.66. The quantitative estimate of drug-likeness (QED) is 0.835. The second-order valence-electron chi connectivity index (χ2n) is 7.44. The van der Waals surface area contributed by atoms with E-state index >= 15 is 0 Å². The SMILES string of the molecule is CC[C@H]1CC(c2cc(NC(=O)C3CC3)nc3[nH]ccc23)=CCN1C(=O)CC#N. The van der Waals surface area contributed by atoms with E-state index in [9.17, 15) is 9.59 Å². The molecule has 1 atom stereocenters. The molecule has 0 unspecified atom stereocenters. The predicted octanol–water partition coefficient (Wildman–Crippen LogP) is 3.22. The van der Waals surface area contributed by atoms with Gasteiger partial charge >= 0.3 is 0 Å². The number of fused-ring (bicyclic) bond motifs is 1. The number of nitriles is 1. The lowest BCUT2D eigenvalue weighted by atomic mass is 9.91. The number of aromatic nitrogens is 2. The first-order valence-corrected chi connectivity index (χ1v) is 9.75. The maximum atomic E-state index is 12.2. The highest BCUT2D eigenvalue weighted by atomic mass is 16.2. The van der Waals surface area contributed by atoms with Gasteiger partial charge in [-0.3, -0.25) is 9.59 Å². The van der Waals surface area contributed by atoms with Gasteiger partial charge in [-0.1, -0.05) is 13.0 Å². The van der Waals surface area contributed by atoms with Crippen molar-refractivity contribution in [2.75, 3.05) is 11.9 Å².